The molecule has 4 heterocycles. The van der Waals surface area contributed by atoms with Crippen molar-refractivity contribution < 1.29 is 4.52 Å². The number of piperidine rings is 1. The Bertz CT molecular complexity index is 787. The molecule has 0 radical (unpaired) electrons. The van der Waals surface area contributed by atoms with Crippen molar-refractivity contribution in [2.24, 2.45) is 0 Å². The highest BCUT2D eigenvalue weighted by atomic mass is 16.5. The highest BCUT2D eigenvalue weighted by Gasteiger charge is 2.18. The second-order valence-electron chi connectivity index (χ2n) is 5.53. The second-order valence-corrected chi connectivity index (χ2v) is 5.53. The summed E-state index contributed by atoms with van der Waals surface area (Å²) in [5, 5.41) is 14.6. The van der Waals surface area contributed by atoms with Crippen LogP contribution in [0.25, 0.3) is 5.65 Å². The van der Waals surface area contributed by atoms with Gasteiger partial charge in [-0.1, -0.05) is 5.16 Å². The fourth-order valence-electron chi connectivity index (χ4n) is 2.86. The number of nitrogens with zero attached hydrogens (tertiary/aromatic N) is 5. The zero-order valence-electron chi connectivity index (χ0n) is 12.3. The molecule has 0 bridgehead atoms. The van der Waals surface area contributed by atoms with Gasteiger partial charge in [0, 0.05) is 12.7 Å². The van der Waals surface area contributed by atoms with Crippen LogP contribution in [0, 0.1) is 6.92 Å². The predicted molar refractivity (Wildman–Crippen MR) is 80.1 cm³/mol. The van der Waals surface area contributed by atoms with Crippen molar-refractivity contribution in [3.8, 4) is 0 Å². The maximum absolute atomic E-state index is 5.14. The second kappa shape index (κ2) is 5.38. The molecule has 1 saturated heterocycles. The van der Waals surface area contributed by atoms with Gasteiger partial charge in [-0.3, -0.25) is 0 Å². The monoisotopic (exact) mass is 299 g/mol. The molecule has 1 atom stereocenters. The highest BCUT2D eigenvalue weighted by Crippen LogP contribution is 2.28. The molecule has 114 valence electrons. The first-order valence-electron chi connectivity index (χ1n) is 7.41. The van der Waals surface area contributed by atoms with Gasteiger partial charge >= 0.3 is 6.01 Å². The lowest BCUT2D eigenvalue weighted by atomic mass is 9.92. The van der Waals surface area contributed by atoms with Gasteiger partial charge in [0.05, 0.1) is 5.69 Å². The Morgan fingerprint density at radius 2 is 2.41 bits per heavy atom. The number of pyridine rings is 1. The van der Waals surface area contributed by atoms with E-state index in [0.29, 0.717) is 17.8 Å². The molecule has 0 spiro atoms. The summed E-state index contributed by atoms with van der Waals surface area (Å²) in [6, 6.07) is 2.46. The molecule has 2 N–H and O–H groups in total. The smallest absolute Gasteiger partial charge is 0.316 e. The lowest BCUT2D eigenvalue weighted by molar-refractivity contribution is 0.428. The van der Waals surface area contributed by atoms with Gasteiger partial charge in [-0.2, -0.15) is 10.1 Å². The Morgan fingerprint density at radius 1 is 1.45 bits per heavy atom. The SMILES string of the molecule is Cc1noc(Nc2cc(C3CCCNC3)cn3ncnc23)n1. The van der Waals surface area contributed by atoms with E-state index in [1.54, 1.807) is 17.8 Å². The van der Waals surface area contributed by atoms with Crippen molar-refractivity contribution in [1.29, 1.82) is 0 Å². The van der Waals surface area contributed by atoms with Crippen molar-refractivity contribution in [3.63, 3.8) is 0 Å². The average Bonchev–Trinajstić information content (AvgIpc) is 3.17. The molecule has 1 aliphatic rings. The van der Waals surface area contributed by atoms with E-state index in [-0.39, 0.29) is 0 Å². The molecule has 0 aliphatic carbocycles. The molecule has 0 amide bonds. The zero-order valence-corrected chi connectivity index (χ0v) is 12.3. The van der Waals surface area contributed by atoms with Crippen LogP contribution in [-0.2, 0) is 0 Å². The summed E-state index contributed by atoms with van der Waals surface area (Å²) in [5.41, 5.74) is 2.79. The molecule has 3 aromatic heterocycles. The van der Waals surface area contributed by atoms with E-state index in [2.05, 4.69) is 36.9 Å². The summed E-state index contributed by atoms with van der Waals surface area (Å²) < 4.78 is 6.92. The zero-order chi connectivity index (χ0) is 14.9. The quantitative estimate of drug-likeness (QED) is 0.759. The summed E-state index contributed by atoms with van der Waals surface area (Å²) in [6.07, 6.45) is 5.95. The summed E-state index contributed by atoms with van der Waals surface area (Å²) in [7, 11) is 0. The van der Waals surface area contributed by atoms with Gasteiger partial charge in [0.25, 0.3) is 0 Å². The number of hydrogen-bond acceptors (Lipinski definition) is 7. The summed E-state index contributed by atoms with van der Waals surface area (Å²) in [4.78, 5) is 8.47. The van der Waals surface area contributed by atoms with Crippen LogP contribution in [0.4, 0.5) is 11.7 Å². The standard InChI is InChI=1S/C14H17N7O/c1-9-18-14(22-20-9)19-12-5-11(10-3-2-4-15-6-10)7-21-13(12)16-8-17-21/h5,7-8,10,15H,2-4,6H2,1H3,(H,18,19,20). The Hall–Kier alpha value is -2.48. The molecular formula is C14H17N7O. The van der Waals surface area contributed by atoms with E-state index in [1.807, 2.05) is 6.20 Å². The molecule has 4 rings (SSSR count). The Balaban J connectivity index is 1.73. The first-order valence-corrected chi connectivity index (χ1v) is 7.41. The van der Waals surface area contributed by atoms with E-state index in [4.69, 9.17) is 4.52 Å². The molecule has 0 saturated carbocycles. The summed E-state index contributed by atoms with van der Waals surface area (Å²) >= 11 is 0. The highest BCUT2D eigenvalue weighted by molar-refractivity contribution is 5.71. The lowest BCUT2D eigenvalue weighted by Crippen LogP contribution is -2.28. The average molecular weight is 299 g/mol. The van der Waals surface area contributed by atoms with Gasteiger partial charge in [-0.25, -0.2) is 9.50 Å². The molecule has 0 aromatic carbocycles. The number of nitrogens with one attached hydrogen (secondary N) is 2. The van der Waals surface area contributed by atoms with E-state index < -0.39 is 0 Å². The summed E-state index contributed by atoms with van der Waals surface area (Å²) in [5.74, 6) is 1.07. The Labute approximate surface area is 126 Å². The van der Waals surface area contributed by atoms with Crippen molar-refractivity contribution in [1.82, 2.24) is 30.1 Å². The maximum atomic E-state index is 5.14. The molecule has 1 aliphatic heterocycles. The van der Waals surface area contributed by atoms with Crippen molar-refractivity contribution in [2.75, 3.05) is 18.4 Å². The molecule has 1 unspecified atom stereocenters. The number of aromatic nitrogens is 5. The first kappa shape index (κ1) is 13.2. The van der Waals surface area contributed by atoms with Gasteiger partial charge in [-0.15, -0.1) is 0 Å². The van der Waals surface area contributed by atoms with E-state index in [1.165, 1.54) is 18.4 Å². The third kappa shape index (κ3) is 2.41. The number of fused-ring (bicyclic) bond motifs is 1. The van der Waals surface area contributed by atoms with Crippen LogP contribution in [0.3, 0.4) is 0 Å². The topological polar surface area (TPSA) is 93.2 Å². The van der Waals surface area contributed by atoms with E-state index in [9.17, 15) is 0 Å². The molecule has 8 heteroatoms. The summed E-state index contributed by atoms with van der Waals surface area (Å²) in [6.45, 7) is 3.86. The van der Waals surface area contributed by atoms with Crippen LogP contribution in [0.1, 0.15) is 30.1 Å². The number of anilines is 2. The predicted octanol–water partition coefficient (Wildman–Crippen LogP) is 1.63. The lowest BCUT2D eigenvalue weighted by Gasteiger charge is -2.23. The first-order chi connectivity index (χ1) is 10.8. The van der Waals surface area contributed by atoms with Crippen LogP contribution in [0.5, 0.6) is 0 Å². The van der Waals surface area contributed by atoms with Gasteiger partial charge < -0.3 is 15.2 Å². The molecule has 3 aromatic rings. The van der Waals surface area contributed by atoms with Gasteiger partial charge in [-0.05, 0) is 43.9 Å². The van der Waals surface area contributed by atoms with Gasteiger partial charge in [0.1, 0.15) is 6.33 Å². The van der Waals surface area contributed by atoms with Crippen LogP contribution in [0.15, 0.2) is 23.1 Å². The van der Waals surface area contributed by atoms with Crippen LogP contribution >= 0.6 is 0 Å². The third-order valence-electron chi connectivity index (χ3n) is 3.93. The minimum Gasteiger partial charge on any atom is -0.316 e. The minimum absolute atomic E-state index is 0.362. The van der Waals surface area contributed by atoms with E-state index >= 15 is 0 Å². The van der Waals surface area contributed by atoms with Gasteiger partial charge in [0.15, 0.2) is 11.5 Å². The molecule has 8 nitrogen and oxygen atoms in total. The fraction of sp³-hybridized carbons (Fsp3) is 0.429. The number of rotatable bonds is 3. The molecule has 1 fully saturated rings. The van der Waals surface area contributed by atoms with Gasteiger partial charge in [0.2, 0.25) is 0 Å². The van der Waals surface area contributed by atoms with Crippen molar-refractivity contribution in [3.05, 3.63) is 30.0 Å². The molecule has 22 heavy (non-hydrogen) atoms. The Morgan fingerprint density at radius 3 is 3.18 bits per heavy atom. The third-order valence-corrected chi connectivity index (χ3v) is 3.93. The van der Waals surface area contributed by atoms with Crippen molar-refractivity contribution in [2.45, 2.75) is 25.7 Å². The van der Waals surface area contributed by atoms with Crippen LogP contribution in [0.2, 0.25) is 0 Å². The number of aryl methyl sites for hydroxylation is 1. The minimum atomic E-state index is 0.362. The number of hydrogen-bond donors (Lipinski definition) is 2. The van der Waals surface area contributed by atoms with E-state index in [0.717, 1.165) is 24.4 Å². The maximum Gasteiger partial charge on any atom is 0.326 e. The Kier molecular flexibility index (Phi) is 3.23. The van der Waals surface area contributed by atoms with Crippen LogP contribution in [-0.4, -0.2) is 37.8 Å². The van der Waals surface area contributed by atoms with Crippen molar-refractivity contribution >= 4 is 17.3 Å². The largest absolute Gasteiger partial charge is 0.326 e. The normalized spacial score (nSPS) is 18.7. The fourth-order valence-corrected chi connectivity index (χ4v) is 2.86. The van der Waals surface area contributed by atoms with Crippen LogP contribution < -0.4 is 10.6 Å². The molecular weight excluding hydrogens is 282 g/mol.